The number of aryl methyl sites for hydroxylation is 1. The van der Waals surface area contributed by atoms with Gasteiger partial charge in [0.2, 0.25) is 0 Å². The van der Waals surface area contributed by atoms with Gasteiger partial charge in [-0.3, -0.25) is 0 Å². The Hall–Kier alpha value is -6.00. The maximum absolute atomic E-state index is 2.55. The fourth-order valence-corrected chi connectivity index (χ4v) is 7.51. The number of anilines is 8. The van der Waals surface area contributed by atoms with Crippen molar-refractivity contribution < 1.29 is 0 Å². The highest BCUT2D eigenvalue weighted by Crippen LogP contribution is 2.47. The number of para-hydroxylation sites is 5. The fraction of sp³-hybridized carbons (Fsp3) is 0.0233. The molecule has 0 N–H and O–H groups in total. The number of rotatable bonds is 5. The average molecular weight is 602 g/mol. The molecular formula is C43H32BN3. The largest absolute Gasteiger partial charge is 0.376 e. The van der Waals surface area contributed by atoms with E-state index in [1.165, 1.54) is 50.4 Å². The molecule has 0 saturated heterocycles. The molecule has 222 valence electrons. The highest BCUT2D eigenvalue weighted by molar-refractivity contribution is 6.93. The molecule has 3 nitrogen and oxygen atoms in total. The zero-order valence-electron chi connectivity index (χ0n) is 26.2. The molecule has 0 unspecified atom stereocenters. The van der Waals surface area contributed by atoms with Gasteiger partial charge in [0.05, 0.1) is 0 Å². The summed E-state index contributed by atoms with van der Waals surface area (Å²) in [6.45, 7) is 2.18. The van der Waals surface area contributed by atoms with E-state index in [0.29, 0.717) is 0 Å². The zero-order valence-corrected chi connectivity index (χ0v) is 26.2. The molecule has 7 aromatic carbocycles. The molecular weight excluding hydrogens is 569 g/mol. The van der Waals surface area contributed by atoms with Crippen molar-refractivity contribution >= 4 is 63.3 Å². The molecule has 47 heavy (non-hydrogen) atoms. The summed E-state index contributed by atoms with van der Waals surface area (Å²) in [6.07, 6.45) is 0. The lowest BCUT2D eigenvalue weighted by atomic mass is 9.43. The van der Waals surface area contributed by atoms with Crippen molar-refractivity contribution in [3.63, 3.8) is 0 Å². The minimum atomic E-state index is -0.0405. The lowest BCUT2D eigenvalue weighted by Gasteiger charge is -2.46. The van der Waals surface area contributed by atoms with Crippen LogP contribution >= 0.6 is 0 Å². The number of hydrogen-bond donors (Lipinski definition) is 0. The molecule has 9 rings (SSSR count). The third-order valence-corrected chi connectivity index (χ3v) is 9.41. The smallest absolute Gasteiger partial charge is 0.333 e. The van der Waals surface area contributed by atoms with Gasteiger partial charge < -0.3 is 14.6 Å². The maximum atomic E-state index is 2.55. The molecule has 0 aliphatic carbocycles. The van der Waals surface area contributed by atoms with E-state index < -0.39 is 0 Å². The molecule has 4 heteroatoms. The minimum Gasteiger partial charge on any atom is -0.376 e. The highest BCUT2D eigenvalue weighted by Gasteiger charge is 2.45. The summed E-state index contributed by atoms with van der Waals surface area (Å²) in [6, 6.07) is 63.7. The lowest BCUT2D eigenvalue weighted by molar-refractivity contribution is 1.24. The summed E-state index contributed by atoms with van der Waals surface area (Å²) in [5.41, 5.74) is 15.7. The van der Waals surface area contributed by atoms with Crippen LogP contribution in [0.4, 0.5) is 45.5 Å². The Morgan fingerprint density at radius 2 is 1.02 bits per heavy atom. The predicted octanol–water partition coefficient (Wildman–Crippen LogP) is 10.2. The molecule has 2 aliphatic rings. The van der Waals surface area contributed by atoms with Gasteiger partial charge in [-0.25, -0.2) is 0 Å². The molecule has 0 radical (unpaired) electrons. The SMILES string of the molecule is Cc1cc2c3c(c1)N(c1ccccc1)c1ccc(N(c4ccccc4)c4ccccc4)cc1B3N(c1ccccc1)c1ccccc1-2. The Balaban J connectivity index is 1.37. The second kappa shape index (κ2) is 11.1. The van der Waals surface area contributed by atoms with Crippen LogP contribution in [0.2, 0.25) is 0 Å². The van der Waals surface area contributed by atoms with Gasteiger partial charge in [-0.15, -0.1) is 0 Å². The van der Waals surface area contributed by atoms with E-state index in [-0.39, 0.29) is 6.85 Å². The summed E-state index contributed by atoms with van der Waals surface area (Å²) in [4.78, 5) is 7.38. The van der Waals surface area contributed by atoms with Gasteiger partial charge in [-0.1, -0.05) is 97.1 Å². The van der Waals surface area contributed by atoms with Crippen LogP contribution in [-0.2, 0) is 0 Å². The summed E-state index contributed by atoms with van der Waals surface area (Å²) in [5, 5.41) is 0. The number of nitrogens with zero attached hydrogens (tertiary/aromatic N) is 3. The second-order valence-corrected chi connectivity index (χ2v) is 12.3. The average Bonchev–Trinajstić information content (AvgIpc) is 3.13. The van der Waals surface area contributed by atoms with Crippen molar-refractivity contribution in [1.29, 1.82) is 0 Å². The first-order valence-corrected chi connectivity index (χ1v) is 16.2. The molecule has 0 saturated carbocycles. The van der Waals surface area contributed by atoms with Crippen molar-refractivity contribution in [2.75, 3.05) is 14.6 Å². The molecule has 2 heterocycles. The first kappa shape index (κ1) is 27.3. The normalized spacial score (nSPS) is 12.7. The molecule has 0 bridgehead atoms. The Bertz CT molecular complexity index is 2180. The van der Waals surface area contributed by atoms with Gasteiger partial charge in [0.15, 0.2) is 0 Å². The maximum Gasteiger partial charge on any atom is 0.333 e. The van der Waals surface area contributed by atoms with E-state index in [4.69, 9.17) is 0 Å². The van der Waals surface area contributed by atoms with Gasteiger partial charge in [-0.05, 0) is 108 Å². The van der Waals surface area contributed by atoms with Crippen LogP contribution in [0.3, 0.4) is 0 Å². The Morgan fingerprint density at radius 3 is 1.68 bits per heavy atom. The van der Waals surface area contributed by atoms with Crippen molar-refractivity contribution in [2.45, 2.75) is 6.92 Å². The third-order valence-electron chi connectivity index (χ3n) is 9.41. The topological polar surface area (TPSA) is 9.72 Å². The molecule has 0 atom stereocenters. The third kappa shape index (κ3) is 4.45. The monoisotopic (exact) mass is 601 g/mol. The Kier molecular flexibility index (Phi) is 6.46. The van der Waals surface area contributed by atoms with E-state index in [0.717, 1.165) is 22.7 Å². The number of fused-ring (bicyclic) bond motifs is 4. The van der Waals surface area contributed by atoms with E-state index in [9.17, 15) is 0 Å². The van der Waals surface area contributed by atoms with Crippen molar-refractivity contribution in [3.8, 4) is 11.1 Å². The van der Waals surface area contributed by atoms with Crippen molar-refractivity contribution in [1.82, 2.24) is 0 Å². The fourth-order valence-electron chi connectivity index (χ4n) is 7.51. The van der Waals surface area contributed by atoms with E-state index >= 15 is 0 Å². The number of benzene rings is 7. The van der Waals surface area contributed by atoms with Gasteiger partial charge >= 0.3 is 6.85 Å². The molecule has 0 aromatic heterocycles. The summed E-state index contributed by atoms with van der Waals surface area (Å²) >= 11 is 0. The first-order valence-electron chi connectivity index (χ1n) is 16.2. The van der Waals surface area contributed by atoms with Crippen molar-refractivity contribution in [3.05, 3.63) is 181 Å². The van der Waals surface area contributed by atoms with Crippen LogP contribution in [-0.4, -0.2) is 6.85 Å². The standard InChI is InChI=1S/C43H32BN3/c1-31-28-38-37-24-14-15-25-40(37)47(35-22-12-5-13-23-35)44-39-30-36(45(32-16-6-2-7-17-32)33-18-8-3-9-19-33)26-27-41(39)46(42(29-31)43(38)44)34-20-10-4-11-21-34/h2-30H,1H3. The van der Waals surface area contributed by atoms with Crippen LogP contribution in [0.1, 0.15) is 5.56 Å². The van der Waals surface area contributed by atoms with Gasteiger partial charge in [0.25, 0.3) is 0 Å². The zero-order chi connectivity index (χ0) is 31.3. The predicted molar refractivity (Wildman–Crippen MR) is 200 cm³/mol. The molecule has 0 fully saturated rings. The van der Waals surface area contributed by atoms with Gasteiger partial charge in [-0.2, -0.15) is 0 Å². The minimum absolute atomic E-state index is 0.0405. The van der Waals surface area contributed by atoms with E-state index in [2.05, 4.69) is 197 Å². The van der Waals surface area contributed by atoms with Crippen LogP contribution in [0.15, 0.2) is 176 Å². The quantitative estimate of drug-likeness (QED) is 0.182. The van der Waals surface area contributed by atoms with E-state index in [1.54, 1.807) is 0 Å². The molecule has 0 amide bonds. The second-order valence-electron chi connectivity index (χ2n) is 12.3. The van der Waals surface area contributed by atoms with Gasteiger partial charge in [0.1, 0.15) is 0 Å². The van der Waals surface area contributed by atoms with E-state index in [1.807, 2.05) is 0 Å². The Morgan fingerprint density at radius 1 is 0.447 bits per heavy atom. The summed E-state index contributed by atoms with van der Waals surface area (Å²) < 4.78 is 0. The summed E-state index contributed by atoms with van der Waals surface area (Å²) in [7, 11) is 0. The Labute approximate surface area is 276 Å². The lowest BCUT2D eigenvalue weighted by Crippen LogP contribution is -2.61. The number of hydrogen-bond acceptors (Lipinski definition) is 3. The van der Waals surface area contributed by atoms with Crippen molar-refractivity contribution in [2.24, 2.45) is 0 Å². The highest BCUT2D eigenvalue weighted by atomic mass is 15.2. The molecule has 0 spiro atoms. The van der Waals surface area contributed by atoms with Crippen LogP contribution in [0, 0.1) is 6.92 Å². The molecule has 2 aliphatic heterocycles. The van der Waals surface area contributed by atoms with Crippen LogP contribution < -0.4 is 25.5 Å². The molecule has 7 aromatic rings. The van der Waals surface area contributed by atoms with Gasteiger partial charge in [0, 0.05) is 51.1 Å². The van der Waals surface area contributed by atoms with Crippen LogP contribution in [0.25, 0.3) is 11.1 Å². The van der Waals surface area contributed by atoms with Crippen LogP contribution in [0.5, 0.6) is 0 Å². The first-order chi connectivity index (χ1) is 23.3. The summed E-state index contributed by atoms with van der Waals surface area (Å²) in [5.74, 6) is 0.